The lowest BCUT2D eigenvalue weighted by Gasteiger charge is -2.11. The van der Waals surface area contributed by atoms with Crippen LogP contribution in [0.2, 0.25) is 0 Å². The van der Waals surface area contributed by atoms with E-state index in [2.05, 4.69) is 20.2 Å². The number of hydrogen-bond acceptors (Lipinski definition) is 5. The van der Waals surface area contributed by atoms with Crippen LogP contribution in [0.15, 0.2) is 17.2 Å². The van der Waals surface area contributed by atoms with Crippen LogP contribution in [0.1, 0.15) is 30.0 Å². The first-order valence-corrected chi connectivity index (χ1v) is 7.37. The zero-order valence-corrected chi connectivity index (χ0v) is 13.4. The van der Waals surface area contributed by atoms with Crippen LogP contribution < -0.4 is 5.56 Å². The Morgan fingerprint density at radius 3 is 2.76 bits per heavy atom. The van der Waals surface area contributed by atoms with E-state index >= 15 is 0 Å². The first-order valence-electron chi connectivity index (χ1n) is 7.37. The van der Waals surface area contributed by atoms with E-state index < -0.39 is 30.9 Å². The molecule has 3 aromatic rings. The zero-order chi connectivity index (χ0) is 18.4. The predicted octanol–water partition coefficient (Wildman–Crippen LogP) is 1.29. The van der Waals surface area contributed by atoms with Gasteiger partial charge in [0.1, 0.15) is 23.4 Å². The Bertz CT molecular complexity index is 971. The fourth-order valence-corrected chi connectivity index (χ4v) is 2.61. The highest BCUT2D eigenvalue weighted by molar-refractivity contribution is 5.77. The molecule has 2 N–H and O–H groups in total. The van der Waals surface area contributed by atoms with Gasteiger partial charge in [-0.15, -0.1) is 0 Å². The van der Waals surface area contributed by atoms with E-state index in [1.165, 1.54) is 17.1 Å². The molecule has 0 aliphatic carbocycles. The Hall–Kier alpha value is -2.69. The number of aliphatic hydroxyl groups is 1. The second-order valence-corrected chi connectivity index (χ2v) is 5.66. The SMILES string of the molecule is Cc1nc2c(c(CO)nn2C(C)c2cnn(CC(F)(F)F)c2)c(=O)[nH]1. The van der Waals surface area contributed by atoms with E-state index in [1.54, 1.807) is 13.8 Å². The minimum absolute atomic E-state index is 0.151. The number of alkyl halides is 3. The van der Waals surface area contributed by atoms with Crippen molar-refractivity contribution >= 4 is 11.0 Å². The molecule has 8 nitrogen and oxygen atoms in total. The summed E-state index contributed by atoms with van der Waals surface area (Å²) in [6.45, 7) is 1.64. The standard InChI is InChI=1S/C14H15F3N6O2/c1-7(9-3-18-22(4-9)6-14(15,16)17)23-12-11(10(5-24)21-23)13(25)20-8(2)19-12/h3-4,7,24H,5-6H2,1-2H3,(H,19,20,25). The first-order chi connectivity index (χ1) is 11.7. The van der Waals surface area contributed by atoms with Gasteiger partial charge in [0, 0.05) is 11.8 Å². The van der Waals surface area contributed by atoms with Gasteiger partial charge in [-0.25, -0.2) is 9.67 Å². The smallest absolute Gasteiger partial charge is 0.390 e. The Balaban J connectivity index is 2.06. The third-order valence-corrected chi connectivity index (χ3v) is 3.75. The summed E-state index contributed by atoms with van der Waals surface area (Å²) in [7, 11) is 0. The lowest BCUT2D eigenvalue weighted by molar-refractivity contribution is -0.142. The molecule has 134 valence electrons. The molecule has 3 rings (SSSR count). The van der Waals surface area contributed by atoms with E-state index in [1.807, 2.05) is 0 Å². The molecule has 11 heteroatoms. The van der Waals surface area contributed by atoms with Crippen LogP contribution in [0.4, 0.5) is 13.2 Å². The number of aromatic nitrogens is 6. The fourth-order valence-electron chi connectivity index (χ4n) is 2.61. The fraction of sp³-hybridized carbons (Fsp3) is 0.429. The van der Waals surface area contributed by atoms with Crippen molar-refractivity contribution in [1.82, 2.24) is 29.5 Å². The van der Waals surface area contributed by atoms with Crippen molar-refractivity contribution < 1.29 is 18.3 Å². The highest BCUT2D eigenvalue weighted by Crippen LogP contribution is 2.24. The van der Waals surface area contributed by atoms with Crippen molar-refractivity contribution in [3.63, 3.8) is 0 Å². The quantitative estimate of drug-likeness (QED) is 0.733. The van der Waals surface area contributed by atoms with E-state index in [9.17, 15) is 23.1 Å². The predicted molar refractivity (Wildman–Crippen MR) is 80.9 cm³/mol. The highest BCUT2D eigenvalue weighted by atomic mass is 19.4. The molecule has 3 aromatic heterocycles. The summed E-state index contributed by atoms with van der Waals surface area (Å²) in [5, 5.41) is 17.5. The van der Waals surface area contributed by atoms with Gasteiger partial charge in [-0.2, -0.15) is 23.4 Å². The molecule has 1 atom stereocenters. The largest absolute Gasteiger partial charge is 0.408 e. The monoisotopic (exact) mass is 356 g/mol. The van der Waals surface area contributed by atoms with Crippen molar-refractivity contribution in [3.8, 4) is 0 Å². The summed E-state index contributed by atoms with van der Waals surface area (Å²) in [4.78, 5) is 18.9. The van der Waals surface area contributed by atoms with E-state index in [-0.39, 0.29) is 16.7 Å². The number of H-pyrrole nitrogens is 1. The van der Waals surface area contributed by atoms with Gasteiger partial charge in [0.15, 0.2) is 5.65 Å². The van der Waals surface area contributed by atoms with Gasteiger partial charge in [0.25, 0.3) is 5.56 Å². The topological polar surface area (TPSA) is 102 Å². The number of aliphatic hydroxyl groups excluding tert-OH is 1. The van der Waals surface area contributed by atoms with Crippen molar-refractivity contribution in [1.29, 1.82) is 0 Å². The Morgan fingerprint density at radius 1 is 1.40 bits per heavy atom. The maximum absolute atomic E-state index is 12.5. The van der Waals surface area contributed by atoms with Gasteiger partial charge in [-0.1, -0.05) is 0 Å². The van der Waals surface area contributed by atoms with Crippen molar-refractivity contribution in [2.24, 2.45) is 0 Å². The average Bonchev–Trinajstić information content (AvgIpc) is 3.09. The van der Waals surface area contributed by atoms with Crippen molar-refractivity contribution in [2.75, 3.05) is 0 Å². The van der Waals surface area contributed by atoms with Gasteiger partial charge >= 0.3 is 6.18 Å². The number of fused-ring (bicyclic) bond motifs is 1. The Labute approximate surface area is 138 Å². The second-order valence-electron chi connectivity index (χ2n) is 5.66. The molecule has 0 saturated heterocycles. The third-order valence-electron chi connectivity index (χ3n) is 3.75. The van der Waals surface area contributed by atoms with Crippen LogP contribution in [-0.4, -0.2) is 40.8 Å². The minimum atomic E-state index is -4.37. The third kappa shape index (κ3) is 3.27. The van der Waals surface area contributed by atoms with Gasteiger partial charge < -0.3 is 10.1 Å². The van der Waals surface area contributed by atoms with Crippen LogP contribution >= 0.6 is 0 Å². The number of halogens is 3. The molecule has 25 heavy (non-hydrogen) atoms. The van der Waals surface area contributed by atoms with Crippen LogP contribution in [0.5, 0.6) is 0 Å². The molecule has 0 radical (unpaired) electrons. The van der Waals surface area contributed by atoms with Crippen LogP contribution in [0.3, 0.4) is 0 Å². The summed E-state index contributed by atoms with van der Waals surface area (Å²) >= 11 is 0. The molecule has 0 fully saturated rings. The van der Waals surface area contributed by atoms with Crippen LogP contribution in [-0.2, 0) is 13.2 Å². The highest BCUT2D eigenvalue weighted by Gasteiger charge is 2.29. The van der Waals surface area contributed by atoms with E-state index in [0.717, 1.165) is 4.68 Å². The second kappa shape index (κ2) is 5.99. The summed E-state index contributed by atoms with van der Waals surface area (Å²) in [6.07, 6.45) is -1.80. The molecule has 0 spiro atoms. The number of rotatable bonds is 4. The van der Waals surface area contributed by atoms with Crippen molar-refractivity contribution in [3.05, 3.63) is 39.8 Å². The Kier molecular flexibility index (Phi) is 4.11. The lowest BCUT2D eigenvalue weighted by Crippen LogP contribution is -2.18. The summed E-state index contributed by atoms with van der Waals surface area (Å²) in [6, 6.07) is -0.529. The number of nitrogens with one attached hydrogen (secondary N) is 1. The molecule has 1 unspecified atom stereocenters. The first kappa shape index (κ1) is 17.1. The van der Waals surface area contributed by atoms with Gasteiger partial charge in [-0.3, -0.25) is 9.48 Å². The lowest BCUT2D eigenvalue weighted by atomic mass is 10.2. The molecular formula is C14H15F3N6O2. The molecule has 0 bridgehead atoms. The van der Waals surface area contributed by atoms with Gasteiger partial charge in [0.2, 0.25) is 0 Å². The molecule has 0 amide bonds. The molecule has 0 saturated carbocycles. The number of nitrogens with zero attached hydrogens (tertiary/aromatic N) is 5. The normalized spacial score (nSPS) is 13.5. The number of hydrogen-bond donors (Lipinski definition) is 2. The zero-order valence-electron chi connectivity index (χ0n) is 13.4. The van der Waals surface area contributed by atoms with E-state index in [0.29, 0.717) is 11.4 Å². The number of aromatic amines is 1. The van der Waals surface area contributed by atoms with Crippen molar-refractivity contribution in [2.45, 2.75) is 39.2 Å². The van der Waals surface area contributed by atoms with Gasteiger partial charge in [-0.05, 0) is 13.8 Å². The number of aryl methyl sites for hydroxylation is 1. The summed E-state index contributed by atoms with van der Waals surface area (Å²) in [5.74, 6) is 0.364. The van der Waals surface area contributed by atoms with Gasteiger partial charge in [0.05, 0.1) is 18.8 Å². The Morgan fingerprint density at radius 2 is 2.12 bits per heavy atom. The summed E-state index contributed by atoms with van der Waals surface area (Å²) < 4.78 is 39.6. The molecule has 0 aliphatic rings. The molecule has 3 heterocycles. The summed E-state index contributed by atoms with van der Waals surface area (Å²) in [5.41, 5.74) is 0.440. The molecule has 0 aromatic carbocycles. The minimum Gasteiger partial charge on any atom is -0.390 e. The average molecular weight is 356 g/mol. The van der Waals surface area contributed by atoms with E-state index in [4.69, 9.17) is 0 Å². The molecule has 0 aliphatic heterocycles. The van der Waals surface area contributed by atoms with Crippen LogP contribution in [0.25, 0.3) is 11.0 Å². The maximum Gasteiger partial charge on any atom is 0.408 e. The molecular weight excluding hydrogens is 341 g/mol. The maximum atomic E-state index is 12.5. The van der Waals surface area contributed by atoms with Crippen LogP contribution in [0, 0.1) is 6.92 Å².